The summed E-state index contributed by atoms with van der Waals surface area (Å²) in [5, 5.41) is 11.6. The average molecular weight is 367 g/mol. The molecule has 1 N–H and O–H groups in total. The number of para-hydroxylation sites is 1. The Labute approximate surface area is 161 Å². The zero-order valence-corrected chi connectivity index (χ0v) is 15.0. The zero-order valence-electron chi connectivity index (χ0n) is 15.0. The predicted molar refractivity (Wildman–Crippen MR) is 110 cm³/mol. The number of furan rings is 1. The van der Waals surface area contributed by atoms with Crippen LogP contribution in [0.4, 0.5) is 0 Å². The second-order valence-electron chi connectivity index (χ2n) is 6.83. The quantitative estimate of drug-likeness (QED) is 0.437. The molecule has 4 heteroatoms. The number of carbonyl (C=O) groups is 1. The summed E-state index contributed by atoms with van der Waals surface area (Å²) in [6.07, 6.45) is 1.99. The van der Waals surface area contributed by atoms with Crippen molar-refractivity contribution in [2.24, 2.45) is 0 Å². The monoisotopic (exact) mass is 367 g/mol. The topological polar surface area (TPSA) is 55.4 Å². The summed E-state index contributed by atoms with van der Waals surface area (Å²) in [5.41, 5.74) is 4.07. The standard InChI is InChI=1S/C24H17NO3/c26-24(27)20-7-3-1-6-19(20)15-25-12-11-16-13-18(9-10-21(16)25)23-14-17-5-2-4-8-22(17)28-23/h1-14H,15H2,(H,26,27). The van der Waals surface area contributed by atoms with Crippen molar-refractivity contribution in [3.63, 3.8) is 0 Å². The van der Waals surface area contributed by atoms with E-state index in [-0.39, 0.29) is 0 Å². The van der Waals surface area contributed by atoms with E-state index in [1.54, 1.807) is 12.1 Å². The number of rotatable bonds is 4. The van der Waals surface area contributed by atoms with Crippen LogP contribution in [0.15, 0.2) is 89.5 Å². The average Bonchev–Trinajstić information content (AvgIpc) is 3.32. The Morgan fingerprint density at radius 1 is 0.893 bits per heavy atom. The van der Waals surface area contributed by atoms with E-state index in [0.29, 0.717) is 12.1 Å². The molecule has 0 aliphatic heterocycles. The van der Waals surface area contributed by atoms with Crippen LogP contribution in [0, 0.1) is 0 Å². The lowest BCUT2D eigenvalue weighted by Gasteiger charge is -2.09. The summed E-state index contributed by atoms with van der Waals surface area (Å²) in [6, 6.07) is 25.4. The molecular weight excluding hydrogens is 350 g/mol. The Hall–Kier alpha value is -3.79. The van der Waals surface area contributed by atoms with Gasteiger partial charge in [0.2, 0.25) is 0 Å². The number of hydrogen-bond donors (Lipinski definition) is 1. The number of hydrogen-bond acceptors (Lipinski definition) is 2. The Balaban J connectivity index is 1.53. The maximum Gasteiger partial charge on any atom is 0.336 e. The Morgan fingerprint density at radius 2 is 1.71 bits per heavy atom. The van der Waals surface area contributed by atoms with Crippen molar-refractivity contribution in [1.29, 1.82) is 0 Å². The van der Waals surface area contributed by atoms with Crippen molar-refractivity contribution in [2.45, 2.75) is 6.54 Å². The molecule has 0 aliphatic rings. The zero-order chi connectivity index (χ0) is 19.1. The molecule has 5 aromatic rings. The van der Waals surface area contributed by atoms with Gasteiger partial charge < -0.3 is 14.1 Å². The van der Waals surface area contributed by atoms with Crippen molar-refractivity contribution in [2.75, 3.05) is 0 Å². The largest absolute Gasteiger partial charge is 0.478 e. The van der Waals surface area contributed by atoms with Gasteiger partial charge in [-0.1, -0.05) is 36.4 Å². The van der Waals surface area contributed by atoms with Gasteiger partial charge in [0.1, 0.15) is 11.3 Å². The van der Waals surface area contributed by atoms with Gasteiger partial charge in [0.15, 0.2) is 0 Å². The van der Waals surface area contributed by atoms with Crippen LogP contribution in [-0.4, -0.2) is 15.6 Å². The van der Waals surface area contributed by atoms with Gasteiger partial charge in [-0.05, 0) is 48.0 Å². The normalized spacial score (nSPS) is 11.3. The summed E-state index contributed by atoms with van der Waals surface area (Å²) in [4.78, 5) is 11.5. The van der Waals surface area contributed by atoms with Gasteiger partial charge in [-0.15, -0.1) is 0 Å². The van der Waals surface area contributed by atoms with Crippen LogP contribution in [0.1, 0.15) is 15.9 Å². The molecule has 0 saturated carbocycles. The molecule has 0 aliphatic carbocycles. The molecule has 0 spiro atoms. The molecule has 0 radical (unpaired) electrons. The van der Waals surface area contributed by atoms with Crippen LogP contribution in [-0.2, 0) is 6.54 Å². The van der Waals surface area contributed by atoms with Crippen molar-refractivity contribution in [3.8, 4) is 11.3 Å². The van der Waals surface area contributed by atoms with E-state index in [1.807, 2.05) is 54.7 Å². The van der Waals surface area contributed by atoms with E-state index in [2.05, 4.69) is 22.8 Å². The number of fused-ring (bicyclic) bond motifs is 2. The van der Waals surface area contributed by atoms with Gasteiger partial charge in [-0.25, -0.2) is 4.79 Å². The van der Waals surface area contributed by atoms with Crippen LogP contribution in [0.5, 0.6) is 0 Å². The third kappa shape index (κ3) is 2.76. The van der Waals surface area contributed by atoms with Gasteiger partial charge in [0, 0.05) is 34.6 Å². The van der Waals surface area contributed by atoms with Gasteiger partial charge in [0.05, 0.1) is 5.56 Å². The summed E-state index contributed by atoms with van der Waals surface area (Å²) in [5.74, 6) is -0.0636. The first-order valence-electron chi connectivity index (χ1n) is 9.08. The number of carboxylic acids is 1. The fourth-order valence-electron chi connectivity index (χ4n) is 3.67. The number of benzene rings is 3. The molecule has 0 unspecified atom stereocenters. The van der Waals surface area contributed by atoms with E-state index in [1.165, 1.54) is 0 Å². The van der Waals surface area contributed by atoms with Crippen LogP contribution in [0.3, 0.4) is 0 Å². The maximum atomic E-state index is 11.5. The van der Waals surface area contributed by atoms with E-state index < -0.39 is 5.97 Å². The third-order valence-corrected chi connectivity index (χ3v) is 5.07. The van der Waals surface area contributed by atoms with E-state index in [4.69, 9.17) is 4.42 Å². The molecule has 0 bridgehead atoms. The molecule has 0 saturated heterocycles. The minimum Gasteiger partial charge on any atom is -0.478 e. The molecule has 0 fully saturated rings. The van der Waals surface area contributed by atoms with Gasteiger partial charge in [-0.3, -0.25) is 0 Å². The van der Waals surface area contributed by atoms with Gasteiger partial charge >= 0.3 is 5.97 Å². The van der Waals surface area contributed by atoms with Crippen molar-refractivity contribution < 1.29 is 14.3 Å². The molecule has 0 atom stereocenters. The summed E-state index contributed by atoms with van der Waals surface area (Å²) < 4.78 is 8.04. The molecule has 2 aromatic heterocycles. The lowest BCUT2D eigenvalue weighted by molar-refractivity contribution is 0.0695. The molecule has 136 valence electrons. The Morgan fingerprint density at radius 3 is 2.57 bits per heavy atom. The highest BCUT2D eigenvalue weighted by atomic mass is 16.4. The van der Waals surface area contributed by atoms with Crippen molar-refractivity contribution >= 4 is 27.8 Å². The van der Waals surface area contributed by atoms with Crippen LogP contribution in [0.2, 0.25) is 0 Å². The first-order chi connectivity index (χ1) is 13.7. The molecule has 2 heterocycles. The Kier molecular flexibility index (Phi) is 3.76. The van der Waals surface area contributed by atoms with E-state index >= 15 is 0 Å². The van der Waals surface area contributed by atoms with Crippen LogP contribution >= 0.6 is 0 Å². The number of aromatic carboxylic acids is 1. The minimum atomic E-state index is -0.903. The van der Waals surface area contributed by atoms with E-state index in [9.17, 15) is 9.90 Å². The second-order valence-corrected chi connectivity index (χ2v) is 6.83. The maximum absolute atomic E-state index is 11.5. The third-order valence-electron chi connectivity index (χ3n) is 5.07. The molecule has 0 amide bonds. The minimum absolute atomic E-state index is 0.336. The summed E-state index contributed by atoms with van der Waals surface area (Å²) >= 11 is 0. The lowest BCUT2D eigenvalue weighted by atomic mass is 10.1. The fraction of sp³-hybridized carbons (Fsp3) is 0.0417. The first kappa shape index (κ1) is 16.4. The lowest BCUT2D eigenvalue weighted by Crippen LogP contribution is -2.06. The second kappa shape index (κ2) is 6.43. The Bertz CT molecular complexity index is 1290. The van der Waals surface area contributed by atoms with Gasteiger partial charge in [-0.2, -0.15) is 0 Å². The number of aromatic nitrogens is 1. The van der Waals surface area contributed by atoms with E-state index in [0.717, 1.165) is 38.8 Å². The molecule has 5 rings (SSSR count). The summed E-state index contributed by atoms with van der Waals surface area (Å²) in [6.45, 7) is 0.510. The molecular formula is C24H17NO3. The highest BCUT2D eigenvalue weighted by molar-refractivity contribution is 5.90. The summed E-state index contributed by atoms with van der Waals surface area (Å²) in [7, 11) is 0. The van der Waals surface area contributed by atoms with Crippen LogP contribution in [0.25, 0.3) is 33.2 Å². The molecule has 3 aromatic carbocycles. The SMILES string of the molecule is O=C(O)c1ccccc1Cn1ccc2cc(-c3cc4ccccc4o3)ccc21. The highest BCUT2D eigenvalue weighted by Crippen LogP contribution is 2.30. The highest BCUT2D eigenvalue weighted by Gasteiger charge is 2.12. The molecule has 28 heavy (non-hydrogen) atoms. The van der Waals surface area contributed by atoms with Crippen molar-refractivity contribution in [3.05, 3.63) is 96.2 Å². The number of nitrogens with zero attached hydrogens (tertiary/aromatic N) is 1. The van der Waals surface area contributed by atoms with Crippen molar-refractivity contribution in [1.82, 2.24) is 4.57 Å². The number of carboxylic acid groups (broad SMARTS) is 1. The van der Waals surface area contributed by atoms with Crippen LogP contribution < -0.4 is 0 Å². The first-order valence-corrected chi connectivity index (χ1v) is 9.08. The smallest absolute Gasteiger partial charge is 0.336 e. The fourth-order valence-corrected chi connectivity index (χ4v) is 3.67. The van der Waals surface area contributed by atoms with Gasteiger partial charge in [0.25, 0.3) is 0 Å². The predicted octanol–water partition coefficient (Wildman–Crippen LogP) is 5.80. The molecule has 4 nitrogen and oxygen atoms in total.